The lowest BCUT2D eigenvalue weighted by Gasteiger charge is -2.33. The van der Waals surface area contributed by atoms with Crippen LogP contribution in [0.5, 0.6) is 0 Å². The smallest absolute Gasteiger partial charge is 0.224 e. The third kappa shape index (κ3) is 4.13. The van der Waals surface area contributed by atoms with E-state index in [9.17, 15) is 4.79 Å². The third-order valence-corrected chi connectivity index (χ3v) is 4.43. The van der Waals surface area contributed by atoms with Crippen LogP contribution in [0.4, 0.5) is 0 Å². The standard InChI is InChI=1S/C14H26N2O.ClH/c1-2-11-6-3-4-8-13(11)16-14(17)12-7-5-9-15-10-12;/h11-13,15H,2-10H2,1H3,(H,16,17);1H/t11?,12-,13?;/m1./s1. The highest BCUT2D eigenvalue weighted by Crippen LogP contribution is 2.27. The second-order valence-corrected chi connectivity index (χ2v) is 5.61. The van der Waals surface area contributed by atoms with Crippen LogP contribution in [0.15, 0.2) is 0 Å². The summed E-state index contributed by atoms with van der Waals surface area (Å²) in [7, 11) is 0. The normalized spacial score (nSPS) is 32.4. The zero-order chi connectivity index (χ0) is 12.1. The molecule has 1 aliphatic carbocycles. The van der Waals surface area contributed by atoms with Crippen LogP contribution in [0.25, 0.3) is 0 Å². The number of nitrogens with one attached hydrogen (secondary N) is 2. The summed E-state index contributed by atoms with van der Waals surface area (Å²) in [6, 6.07) is 0.447. The SMILES string of the molecule is CCC1CCCCC1NC(=O)[C@@H]1CCCNC1.Cl. The molecule has 0 radical (unpaired) electrons. The topological polar surface area (TPSA) is 41.1 Å². The average molecular weight is 275 g/mol. The molecule has 1 amide bonds. The lowest BCUT2D eigenvalue weighted by Crippen LogP contribution is -2.47. The Kier molecular flexibility index (Phi) is 7.02. The summed E-state index contributed by atoms with van der Waals surface area (Å²) in [6.45, 7) is 4.19. The highest BCUT2D eigenvalue weighted by Gasteiger charge is 2.28. The minimum absolute atomic E-state index is 0. The minimum Gasteiger partial charge on any atom is -0.353 e. The first-order valence-electron chi connectivity index (χ1n) is 7.32. The zero-order valence-corrected chi connectivity index (χ0v) is 12.2. The van der Waals surface area contributed by atoms with E-state index in [1.807, 2.05) is 0 Å². The lowest BCUT2D eigenvalue weighted by molar-refractivity contribution is -0.126. The van der Waals surface area contributed by atoms with Crippen LogP contribution in [0.3, 0.4) is 0 Å². The highest BCUT2D eigenvalue weighted by atomic mass is 35.5. The Labute approximate surface area is 117 Å². The highest BCUT2D eigenvalue weighted by molar-refractivity contribution is 5.85. The number of carbonyl (C=O) groups excluding carboxylic acids is 1. The van der Waals surface area contributed by atoms with Gasteiger partial charge in [-0.05, 0) is 38.1 Å². The number of rotatable bonds is 3. The van der Waals surface area contributed by atoms with Crippen molar-refractivity contribution in [2.24, 2.45) is 11.8 Å². The largest absolute Gasteiger partial charge is 0.353 e. The van der Waals surface area contributed by atoms with Gasteiger partial charge in [0.25, 0.3) is 0 Å². The van der Waals surface area contributed by atoms with Gasteiger partial charge in [-0.3, -0.25) is 4.79 Å². The predicted molar refractivity (Wildman–Crippen MR) is 77.0 cm³/mol. The van der Waals surface area contributed by atoms with Crippen molar-refractivity contribution in [1.29, 1.82) is 0 Å². The molecule has 0 spiro atoms. The summed E-state index contributed by atoms with van der Waals surface area (Å²) < 4.78 is 0. The first-order valence-corrected chi connectivity index (χ1v) is 7.32. The molecule has 18 heavy (non-hydrogen) atoms. The first-order chi connectivity index (χ1) is 8.31. The quantitative estimate of drug-likeness (QED) is 0.830. The molecular formula is C14H27ClN2O. The Morgan fingerprint density at radius 3 is 2.67 bits per heavy atom. The van der Waals surface area contributed by atoms with Gasteiger partial charge in [-0.25, -0.2) is 0 Å². The Bertz CT molecular complexity index is 254. The van der Waals surface area contributed by atoms with Crippen LogP contribution in [0.1, 0.15) is 51.9 Å². The summed E-state index contributed by atoms with van der Waals surface area (Å²) in [5, 5.41) is 6.63. The molecule has 2 unspecified atom stereocenters. The Morgan fingerprint density at radius 1 is 1.22 bits per heavy atom. The van der Waals surface area contributed by atoms with Crippen molar-refractivity contribution in [3.05, 3.63) is 0 Å². The molecule has 2 fully saturated rings. The summed E-state index contributed by atoms with van der Waals surface area (Å²) >= 11 is 0. The van der Waals surface area contributed by atoms with Gasteiger partial charge in [-0.1, -0.05) is 26.2 Å². The molecule has 1 saturated carbocycles. The van der Waals surface area contributed by atoms with E-state index in [0.29, 0.717) is 17.9 Å². The van der Waals surface area contributed by atoms with Gasteiger partial charge in [-0.2, -0.15) is 0 Å². The van der Waals surface area contributed by atoms with Crippen LogP contribution in [0.2, 0.25) is 0 Å². The summed E-state index contributed by atoms with van der Waals surface area (Å²) in [5.74, 6) is 1.22. The van der Waals surface area contributed by atoms with Crippen LogP contribution >= 0.6 is 12.4 Å². The molecule has 3 atom stereocenters. The van der Waals surface area contributed by atoms with E-state index >= 15 is 0 Å². The average Bonchev–Trinajstić information content (AvgIpc) is 2.40. The van der Waals surface area contributed by atoms with E-state index in [1.165, 1.54) is 32.1 Å². The molecule has 2 aliphatic rings. The zero-order valence-electron chi connectivity index (χ0n) is 11.4. The van der Waals surface area contributed by atoms with Crippen LogP contribution in [-0.4, -0.2) is 25.0 Å². The second-order valence-electron chi connectivity index (χ2n) is 5.61. The third-order valence-electron chi connectivity index (χ3n) is 4.43. The predicted octanol–water partition coefficient (Wildman–Crippen LogP) is 2.49. The van der Waals surface area contributed by atoms with Gasteiger partial charge in [0.15, 0.2) is 0 Å². The van der Waals surface area contributed by atoms with Gasteiger partial charge >= 0.3 is 0 Å². The second kappa shape index (κ2) is 8.00. The Balaban J connectivity index is 0.00000162. The number of carbonyl (C=O) groups is 1. The minimum atomic E-state index is 0. The number of piperidine rings is 1. The summed E-state index contributed by atoms with van der Waals surface area (Å²) in [4.78, 5) is 12.2. The van der Waals surface area contributed by atoms with E-state index in [0.717, 1.165) is 25.9 Å². The number of halogens is 1. The van der Waals surface area contributed by atoms with E-state index in [2.05, 4.69) is 17.6 Å². The first kappa shape index (κ1) is 15.8. The monoisotopic (exact) mass is 274 g/mol. The van der Waals surface area contributed by atoms with Gasteiger partial charge < -0.3 is 10.6 Å². The van der Waals surface area contributed by atoms with Gasteiger partial charge in [0.2, 0.25) is 5.91 Å². The van der Waals surface area contributed by atoms with Crippen molar-refractivity contribution in [3.8, 4) is 0 Å². The van der Waals surface area contributed by atoms with E-state index in [4.69, 9.17) is 0 Å². The molecule has 2 rings (SSSR count). The van der Waals surface area contributed by atoms with Gasteiger partial charge in [0, 0.05) is 12.6 Å². The van der Waals surface area contributed by atoms with Crippen molar-refractivity contribution in [2.45, 2.75) is 57.9 Å². The molecule has 0 aromatic heterocycles. The van der Waals surface area contributed by atoms with Crippen molar-refractivity contribution in [2.75, 3.05) is 13.1 Å². The molecule has 1 heterocycles. The van der Waals surface area contributed by atoms with Crippen LogP contribution in [-0.2, 0) is 4.79 Å². The van der Waals surface area contributed by atoms with Crippen molar-refractivity contribution >= 4 is 18.3 Å². The Hall–Kier alpha value is -0.280. The number of amides is 1. The van der Waals surface area contributed by atoms with Crippen molar-refractivity contribution in [1.82, 2.24) is 10.6 Å². The maximum atomic E-state index is 12.2. The number of hydrogen-bond donors (Lipinski definition) is 2. The molecule has 106 valence electrons. The van der Waals surface area contributed by atoms with Crippen molar-refractivity contribution < 1.29 is 4.79 Å². The Morgan fingerprint density at radius 2 is 2.00 bits per heavy atom. The molecule has 1 saturated heterocycles. The van der Waals surface area contributed by atoms with Gasteiger partial charge in [-0.15, -0.1) is 12.4 Å². The fourth-order valence-electron chi connectivity index (χ4n) is 3.26. The lowest BCUT2D eigenvalue weighted by atomic mass is 9.82. The molecule has 3 nitrogen and oxygen atoms in total. The van der Waals surface area contributed by atoms with E-state index < -0.39 is 0 Å². The molecule has 0 aromatic rings. The van der Waals surface area contributed by atoms with E-state index in [1.54, 1.807) is 0 Å². The number of hydrogen-bond acceptors (Lipinski definition) is 2. The molecule has 1 aliphatic heterocycles. The van der Waals surface area contributed by atoms with Gasteiger partial charge in [0.05, 0.1) is 5.92 Å². The molecular weight excluding hydrogens is 248 g/mol. The van der Waals surface area contributed by atoms with Crippen molar-refractivity contribution in [3.63, 3.8) is 0 Å². The fraction of sp³-hybridized carbons (Fsp3) is 0.929. The molecule has 0 aromatic carbocycles. The van der Waals surface area contributed by atoms with E-state index in [-0.39, 0.29) is 18.3 Å². The maximum Gasteiger partial charge on any atom is 0.224 e. The van der Waals surface area contributed by atoms with Gasteiger partial charge in [0.1, 0.15) is 0 Å². The van der Waals surface area contributed by atoms with Crippen LogP contribution < -0.4 is 10.6 Å². The summed E-state index contributed by atoms with van der Waals surface area (Å²) in [6.07, 6.45) is 8.51. The molecule has 4 heteroatoms. The molecule has 0 bridgehead atoms. The summed E-state index contributed by atoms with van der Waals surface area (Å²) in [5.41, 5.74) is 0. The molecule has 2 N–H and O–H groups in total. The van der Waals surface area contributed by atoms with Crippen LogP contribution in [0, 0.1) is 11.8 Å². The maximum absolute atomic E-state index is 12.2. The fourth-order valence-corrected chi connectivity index (χ4v) is 3.26.